The lowest BCUT2D eigenvalue weighted by Crippen LogP contribution is -2.28. The summed E-state index contributed by atoms with van der Waals surface area (Å²) in [6, 6.07) is 16.3. The first-order valence-corrected chi connectivity index (χ1v) is 8.59. The van der Waals surface area contributed by atoms with E-state index in [0.29, 0.717) is 24.4 Å². The molecule has 0 amide bonds. The predicted octanol–water partition coefficient (Wildman–Crippen LogP) is 4.18. The van der Waals surface area contributed by atoms with Crippen molar-refractivity contribution >= 4 is 16.9 Å². The van der Waals surface area contributed by atoms with Crippen molar-refractivity contribution in [1.82, 2.24) is 0 Å². The number of benzene rings is 2. The maximum atomic E-state index is 12.0. The number of rotatable bonds is 6. The Bertz CT molecular complexity index is 959. The smallest absolute Gasteiger partial charge is 0.347 e. The molecule has 1 aromatic heterocycles. The second kappa shape index (κ2) is 7.87. The second-order valence-electron chi connectivity index (χ2n) is 5.77. The average molecular weight is 352 g/mol. The van der Waals surface area contributed by atoms with E-state index in [0.717, 1.165) is 16.5 Å². The highest BCUT2D eigenvalue weighted by Gasteiger charge is 2.20. The lowest BCUT2D eigenvalue weighted by Gasteiger charge is -2.16. The van der Waals surface area contributed by atoms with Gasteiger partial charge >= 0.3 is 11.6 Å². The van der Waals surface area contributed by atoms with E-state index in [1.807, 2.05) is 43.3 Å². The van der Waals surface area contributed by atoms with Gasteiger partial charge in [0, 0.05) is 17.5 Å². The molecule has 0 saturated heterocycles. The van der Waals surface area contributed by atoms with Crippen LogP contribution < -0.4 is 10.4 Å². The molecule has 5 nitrogen and oxygen atoms in total. The molecule has 2 aromatic carbocycles. The molecule has 0 aliphatic rings. The van der Waals surface area contributed by atoms with Gasteiger partial charge in [0.05, 0.1) is 6.61 Å². The van der Waals surface area contributed by atoms with Crippen LogP contribution in [0.1, 0.15) is 20.3 Å². The fraction of sp³-hybridized carbons (Fsp3) is 0.238. The molecule has 3 aromatic rings. The Balaban J connectivity index is 1.99. The number of ether oxygens (including phenoxy) is 2. The van der Waals surface area contributed by atoms with E-state index in [9.17, 15) is 9.59 Å². The van der Waals surface area contributed by atoms with E-state index >= 15 is 0 Å². The topological polar surface area (TPSA) is 65.7 Å². The third-order valence-electron chi connectivity index (χ3n) is 4.00. The fourth-order valence-electron chi connectivity index (χ4n) is 2.77. The second-order valence-corrected chi connectivity index (χ2v) is 5.77. The Morgan fingerprint density at radius 2 is 1.85 bits per heavy atom. The molecule has 134 valence electrons. The molecule has 1 atom stereocenters. The van der Waals surface area contributed by atoms with Crippen LogP contribution in [-0.4, -0.2) is 18.7 Å². The third kappa shape index (κ3) is 3.77. The maximum absolute atomic E-state index is 12.0. The van der Waals surface area contributed by atoms with Crippen LogP contribution >= 0.6 is 0 Å². The lowest BCUT2D eigenvalue weighted by molar-refractivity contribution is -0.151. The zero-order valence-corrected chi connectivity index (χ0v) is 14.7. The Morgan fingerprint density at radius 3 is 2.54 bits per heavy atom. The van der Waals surface area contributed by atoms with Crippen molar-refractivity contribution in [3.05, 3.63) is 65.0 Å². The molecule has 0 aliphatic carbocycles. The maximum Gasteiger partial charge on any atom is 0.347 e. The van der Waals surface area contributed by atoms with Gasteiger partial charge in [-0.2, -0.15) is 0 Å². The Kier molecular flexibility index (Phi) is 5.37. The van der Waals surface area contributed by atoms with Crippen LogP contribution in [0.2, 0.25) is 0 Å². The van der Waals surface area contributed by atoms with Gasteiger partial charge in [-0.05, 0) is 36.6 Å². The first kappa shape index (κ1) is 17.7. The number of esters is 1. The number of carbonyl (C=O) groups is 1. The van der Waals surface area contributed by atoms with E-state index in [-0.39, 0.29) is 0 Å². The van der Waals surface area contributed by atoms with Crippen molar-refractivity contribution < 1.29 is 18.7 Å². The number of fused-ring (bicyclic) bond motifs is 1. The van der Waals surface area contributed by atoms with Gasteiger partial charge < -0.3 is 13.9 Å². The summed E-state index contributed by atoms with van der Waals surface area (Å²) in [6.45, 7) is 3.89. The van der Waals surface area contributed by atoms with Crippen molar-refractivity contribution in [2.45, 2.75) is 26.4 Å². The molecule has 0 fully saturated rings. The van der Waals surface area contributed by atoms with Crippen LogP contribution in [0.5, 0.6) is 5.75 Å². The molecule has 26 heavy (non-hydrogen) atoms. The highest BCUT2D eigenvalue weighted by atomic mass is 16.6. The van der Waals surface area contributed by atoms with Crippen LogP contribution in [0.15, 0.2) is 63.8 Å². The number of hydrogen-bond donors (Lipinski definition) is 0. The van der Waals surface area contributed by atoms with Gasteiger partial charge in [0.15, 0.2) is 6.10 Å². The number of hydrogen-bond acceptors (Lipinski definition) is 5. The molecular formula is C21H20O5. The van der Waals surface area contributed by atoms with Crippen LogP contribution in [0.25, 0.3) is 22.1 Å². The molecule has 0 saturated carbocycles. The van der Waals surface area contributed by atoms with E-state index in [2.05, 4.69) is 0 Å². The minimum atomic E-state index is -0.698. The van der Waals surface area contributed by atoms with Gasteiger partial charge in [-0.1, -0.05) is 37.3 Å². The summed E-state index contributed by atoms with van der Waals surface area (Å²) in [6.07, 6.45) is -0.221. The van der Waals surface area contributed by atoms with Crippen molar-refractivity contribution in [2.75, 3.05) is 6.61 Å². The zero-order chi connectivity index (χ0) is 18.5. The normalized spacial score (nSPS) is 11.9. The molecular weight excluding hydrogens is 332 g/mol. The minimum Gasteiger partial charge on any atom is -0.479 e. The molecule has 0 N–H and O–H groups in total. The number of carbonyl (C=O) groups excluding carboxylic acids is 1. The first-order valence-electron chi connectivity index (χ1n) is 8.59. The molecule has 0 spiro atoms. The van der Waals surface area contributed by atoms with Gasteiger partial charge in [0.1, 0.15) is 11.3 Å². The summed E-state index contributed by atoms with van der Waals surface area (Å²) in [4.78, 5) is 23.9. The SMILES string of the molecule is CCOC(=O)[C@H](CC)Oc1ccc2c(-c3ccccc3)cc(=O)oc2c1. The molecule has 0 unspecified atom stereocenters. The quantitative estimate of drug-likeness (QED) is 0.492. The minimum absolute atomic E-state index is 0.297. The van der Waals surface area contributed by atoms with E-state index in [1.54, 1.807) is 19.1 Å². The van der Waals surface area contributed by atoms with E-state index < -0.39 is 17.7 Å². The molecule has 5 heteroatoms. The van der Waals surface area contributed by atoms with E-state index in [1.165, 1.54) is 6.07 Å². The zero-order valence-electron chi connectivity index (χ0n) is 14.7. The standard InChI is InChI=1S/C21H20O5/c1-3-18(21(23)24-4-2)25-15-10-11-16-17(14-8-6-5-7-9-14)13-20(22)26-19(16)12-15/h5-13,18H,3-4H2,1-2H3/t18-/m0/s1. The molecule has 3 rings (SSSR count). The van der Waals surface area contributed by atoms with Crippen LogP contribution in [0.3, 0.4) is 0 Å². The first-order chi connectivity index (χ1) is 12.6. The van der Waals surface area contributed by atoms with Gasteiger partial charge in [-0.3, -0.25) is 0 Å². The highest BCUT2D eigenvalue weighted by molar-refractivity contribution is 5.93. The Morgan fingerprint density at radius 1 is 1.08 bits per heavy atom. The highest BCUT2D eigenvalue weighted by Crippen LogP contribution is 2.30. The molecule has 0 aliphatic heterocycles. The van der Waals surface area contributed by atoms with Gasteiger partial charge in [0.25, 0.3) is 0 Å². The molecule has 0 bridgehead atoms. The molecule has 0 radical (unpaired) electrons. The van der Waals surface area contributed by atoms with Crippen molar-refractivity contribution in [3.8, 4) is 16.9 Å². The summed E-state index contributed by atoms with van der Waals surface area (Å²) >= 11 is 0. The van der Waals surface area contributed by atoms with Crippen LogP contribution in [0.4, 0.5) is 0 Å². The van der Waals surface area contributed by atoms with Crippen molar-refractivity contribution in [2.24, 2.45) is 0 Å². The van der Waals surface area contributed by atoms with Crippen molar-refractivity contribution in [3.63, 3.8) is 0 Å². The summed E-state index contributed by atoms with van der Waals surface area (Å²) < 4.78 is 16.1. The summed E-state index contributed by atoms with van der Waals surface area (Å²) in [5, 5.41) is 0.798. The van der Waals surface area contributed by atoms with Crippen LogP contribution in [0, 0.1) is 0 Å². The van der Waals surface area contributed by atoms with Gasteiger partial charge in [-0.15, -0.1) is 0 Å². The van der Waals surface area contributed by atoms with E-state index in [4.69, 9.17) is 13.9 Å². The predicted molar refractivity (Wildman–Crippen MR) is 99.3 cm³/mol. The summed E-state index contributed by atoms with van der Waals surface area (Å²) in [5.41, 5.74) is 1.69. The third-order valence-corrected chi connectivity index (χ3v) is 4.00. The monoisotopic (exact) mass is 352 g/mol. The Hall–Kier alpha value is -3.08. The Labute approximate surface area is 151 Å². The van der Waals surface area contributed by atoms with Gasteiger partial charge in [-0.25, -0.2) is 9.59 Å². The summed E-state index contributed by atoms with van der Waals surface area (Å²) in [5.74, 6) is 0.0420. The lowest BCUT2D eigenvalue weighted by atomic mass is 10.0. The van der Waals surface area contributed by atoms with Crippen LogP contribution in [-0.2, 0) is 9.53 Å². The summed E-state index contributed by atoms with van der Waals surface area (Å²) in [7, 11) is 0. The molecule has 1 heterocycles. The fourth-order valence-corrected chi connectivity index (χ4v) is 2.77. The van der Waals surface area contributed by atoms with Crippen molar-refractivity contribution in [1.29, 1.82) is 0 Å². The largest absolute Gasteiger partial charge is 0.479 e. The van der Waals surface area contributed by atoms with Gasteiger partial charge in [0.2, 0.25) is 0 Å². The average Bonchev–Trinajstić information content (AvgIpc) is 2.66.